The first-order valence-corrected chi connectivity index (χ1v) is 6.29. The summed E-state index contributed by atoms with van der Waals surface area (Å²) >= 11 is 5.67. The van der Waals surface area contributed by atoms with Crippen molar-refractivity contribution in [2.45, 2.75) is 33.1 Å². The Balaban J connectivity index is 2.52. The molecule has 0 aliphatic carbocycles. The highest BCUT2D eigenvalue weighted by Gasteiger charge is 2.20. The molecule has 1 N–H and O–H groups in total. The smallest absolute Gasteiger partial charge is 0.348 e. The van der Waals surface area contributed by atoms with Crippen LogP contribution in [0, 0.1) is 16.0 Å². The van der Waals surface area contributed by atoms with Crippen molar-refractivity contribution in [2.75, 3.05) is 11.9 Å². The number of halogens is 1. The van der Waals surface area contributed by atoms with Crippen LogP contribution in [0.5, 0.6) is 0 Å². The number of hydrogen-bond acceptors (Lipinski definition) is 5. The number of rotatable bonds is 7. The van der Waals surface area contributed by atoms with Gasteiger partial charge in [0.2, 0.25) is 11.0 Å². The van der Waals surface area contributed by atoms with Crippen LogP contribution in [-0.2, 0) is 0 Å². The first kappa shape index (κ1) is 14.6. The zero-order valence-electron chi connectivity index (χ0n) is 10.5. The number of aromatic nitrogens is 2. The van der Waals surface area contributed by atoms with E-state index in [1.807, 2.05) is 0 Å². The molecule has 100 valence electrons. The Kier molecular flexibility index (Phi) is 5.77. The monoisotopic (exact) mass is 272 g/mol. The summed E-state index contributed by atoms with van der Waals surface area (Å²) in [6.45, 7) is 4.98. The fraction of sp³-hybridized carbons (Fsp3) is 0.636. The third kappa shape index (κ3) is 4.44. The van der Waals surface area contributed by atoms with Gasteiger partial charge in [0.15, 0.2) is 0 Å². The average molecular weight is 273 g/mol. The number of anilines is 1. The number of nitrogens with one attached hydrogen (secondary N) is 1. The van der Waals surface area contributed by atoms with Crippen molar-refractivity contribution in [3.63, 3.8) is 0 Å². The zero-order chi connectivity index (χ0) is 13.5. The summed E-state index contributed by atoms with van der Waals surface area (Å²) in [6, 6.07) is 0. The molecule has 1 aromatic heterocycles. The quantitative estimate of drug-likeness (QED) is 0.356. The Morgan fingerprint density at radius 3 is 2.78 bits per heavy atom. The Hall–Kier alpha value is -1.43. The molecule has 1 rings (SSSR count). The second-order valence-electron chi connectivity index (χ2n) is 4.44. The van der Waals surface area contributed by atoms with Gasteiger partial charge in [0, 0.05) is 6.54 Å². The molecule has 0 atom stereocenters. The highest BCUT2D eigenvalue weighted by molar-refractivity contribution is 6.31. The zero-order valence-corrected chi connectivity index (χ0v) is 11.3. The summed E-state index contributed by atoms with van der Waals surface area (Å²) < 4.78 is 0. The van der Waals surface area contributed by atoms with Gasteiger partial charge in [0.05, 0.1) is 4.92 Å². The van der Waals surface area contributed by atoms with E-state index in [9.17, 15) is 10.1 Å². The maximum Gasteiger partial charge on any atom is 0.348 e. The van der Waals surface area contributed by atoms with E-state index in [0.29, 0.717) is 12.5 Å². The molecular formula is C11H17ClN4O2. The van der Waals surface area contributed by atoms with E-state index in [4.69, 9.17) is 11.6 Å². The van der Waals surface area contributed by atoms with Gasteiger partial charge in [-0.2, -0.15) is 0 Å². The van der Waals surface area contributed by atoms with Crippen molar-refractivity contribution in [3.8, 4) is 0 Å². The molecule has 0 amide bonds. The topological polar surface area (TPSA) is 81.0 Å². The van der Waals surface area contributed by atoms with Gasteiger partial charge in [-0.25, -0.2) is 9.97 Å². The molecule has 1 heterocycles. The van der Waals surface area contributed by atoms with E-state index in [1.165, 1.54) is 6.33 Å². The van der Waals surface area contributed by atoms with Crippen molar-refractivity contribution in [1.29, 1.82) is 0 Å². The molecule has 0 aliphatic heterocycles. The maximum absolute atomic E-state index is 10.8. The molecule has 1 aromatic rings. The van der Waals surface area contributed by atoms with Crippen LogP contribution in [0.4, 0.5) is 11.5 Å². The van der Waals surface area contributed by atoms with Crippen LogP contribution in [-0.4, -0.2) is 21.4 Å². The van der Waals surface area contributed by atoms with E-state index in [1.54, 1.807) is 0 Å². The fourth-order valence-electron chi connectivity index (χ4n) is 1.53. The van der Waals surface area contributed by atoms with Crippen molar-refractivity contribution in [2.24, 2.45) is 5.92 Å². The summed E-state index contributed by atoms with van der Waals surface area (Å²) in [5.41, 5.74) is -0.261. The molecule has 7 heteroatoms. The Morgan fingerprint density at radius 2 is 2.17 bits per heavy atom. The van der Waals surface area contributed by atoms with Gasteiger partial charge in [-0.15, -0.1) is 0 Å². The minimum Gasteiger partial charge on any atom is -0.364 e. The summed E-state index contributed by atoms with van der Waals surface area (Å²) in [7, 11) is 0. The number of nitrogens with zero attached hydrogens (tertiary/aromatic N) is 3. The molecule has 0 saturated heterocycles. The second-order valence-corrected chi connectivity index (χ2v) is 4.79. The molecule has 18 heavy (non-hydrogen) atoms. The lowest BCUT2D eigenvalue weighted by Crippen LogP contribution is -2.07. The van der Waals surface area contributed by atoms with Crippen LogP contribution in [0.3, 0.4) is 0 Å². The van der Waals surface area contributed by atoms with Crippen LogP contribution in [0.1, 0.15) is 33.1 Å². The number of nitro groups is 1. The van der Waals surface area contributed by atoms with E-state index in [0.717, 1.165) is 19.3 Å². The standard InChI is InChI=1S/C11H17ClN4O2/c1-8(2)5-3-4-6-13-11-9(16(17)18)10(12)14-7-15-11/h7-8H,3-6H2,1-2H3,(H,13,14,15). The van der Waals surface area contributed by atoms with Crippen LogP contribution < -0.4 is 5.32 Å². The molecule has 0 fully saturated rings. The fourth-order valence-corrected chi connectivity index (χ4v) is 1.73. The largest absolute Gasteiger partial charge is 0.364 e. The molecule has 0 saturated carbocycles. The summed E-state index contributed by atoms with van der Waals surface area (Å²) in [4.78, 5) is 17.7. The SMILES string of the molecule is CC(C)CCCCNc1ncnc(Cl)c1[N+](=O)[O-]. The number of unbranched alkanes of at least 4 members (excludes halogenated alkanes) is 1. The average Bonchev–Trinajstić information content (AvgIpc) is 2.27. The highest BCUT2D eigenvalue weighted by atomic mass is 35.5. The third-order valence-corrected chi connectivity index (χ3v) is 2.74. The van der Waals surface area contributed by atoms with Crippen molar-refractivity contribution < 1.29 is 4.92 Å². The minimum atomic E-state index is -0.571. The molecule has 0 spiro atoms. The Labute approximate surface area is 111 Å². The maximum atomic E-state index is 10.8. The molecule has 0 aromatic carbocycles. The van der Waals surface area contributed by atoms with Crippen LogP contribution in [0.25, 0.3) is 0 Å². The van der Waals surface area contributed by atoms with Crippen LogP contribution in [0.15, 0.2) is 6.33 Å². The molecular weight excluding hydrogens is 256 g/mol. The van der Waals surface area contributed by atoms with Gasteiger partial charge in [0.1, 0.15) is 6.33 Å². The van der Waals surface area contributed by atoms with Crippen LogP contribution in [0.2, 0.25) is 5.15 Å². The summed E-state index contributed by atoms with van der Waals surface area (Å²) in [6.07, 6.45) is 4.38. The van der Waals surface area contributed by atoms with Crippen molar-refractivity contribution in [3.05, 3.63) is 21.6 Å². The van der Waals surface area contributed by atoms with Gasteiger partial charge in [-0.3, -0.25) is 10.1 Å². The summed E-state index contributed by atoms with van der Waals surface area (Å²) in [5, 5.41) is 13.6. The number of hydrogen-bond donors (Lipinski definition) is 1. The Morgan fingerprint density at radius 1 is 1.44 bits per heavy atom. The minimum absolute atomic E-state index is 0.139. The lowest BCUT2D eigenvalue weighted by molar-refractivity contribution is -0.384. The van der Waals surface area contributed by atoms with E-state index in [2.05, 4.69) is 29.1 Å². The van der Waals surface area contributed by atoms with Crippen molar-refractivity contribution in [1.82, 2.24) is 9.97 Å². The predicted octanol–water partition coefficient (Wildman–Crippen LogP) is 3.28. The summed E-state index contributed by atoms with van der Waals surface area (Å²) in [5.74, 6) is 0.859. The van der Waals surface area contributed by atoms with Gasteiger partial charge in [0.25, 0.3) is 0 Å². The molecule has 0 aliphatic rings. The second kappa shape index (κ2) is 7.10. The molecule has 0 bridgehead atoms. The molecule has 0 radical (unpaired) electrons. The Bertz CT molecular complexity index is 412. The normalized spacial score (nSPS) is 10.7. The highest BCUT2D eigenvalue weighted by Crippen LogP contribution is 2.28. The lowest BCUT2D eigenvalue weighted by Gasteiger charge is -2.07. The molecule has 6 nitrogen and oxygen atoms in total. The first-order chi connectivity index (χ1) is 8.52. The van der Waals surface area contributed by atoms with E-state index < -0.39 is 4.92 Å². The van der Waals surface area contributed by atoms with Gasteiger partial charge >= 0.3 is 5.69 Å². The van der Waals surface area contributed by atoms with Gasteiger partial charge in [-0.1, -0.05) is 38.3 Å². The van der Waals surface area contributed by atoms with Crippen molar-refractivity contribution >= 4 is 23.1 Å². The first-order valence-electron chi connectivity index (χ1n) is 5.91. The molecule has 0 unspecified atom stereocenters. The van der Waals surface area contributed by atoms with E-state index in [-0.39, 0.29) is 16.7 Å². The van der Waals surface area contributed by atoms with Crippen LogP contribution >= 0.6 is 11.6 Å². The van der Waals surface area contributed by atoms with Gasteiger partial charge < -0.3 is 5.32 Å². The lowest BCUT2D eigenvalue weighted by atomic mass is 10.1. The third-order valence-electron chi connectivity index (χ3n) is 2.46. The predicted molar refractivity (Wildman–Crippen MR) is 70.9 cm³/mol. The van der Waals surface area contributed by atoms with Gasteiger partial charge in [-0.05, 0) is 12.3 Å². The van der Waals surface area contributed by atoms with E-state index >= 15 is 0 Å².